The summed E-state index contributed by atoms with van der Waals surface area (Å²) in [7, 11) is 3.45. The summed E-state index contributed by atoms with van der Waals surface area (Å²) >= 11 is 0. The van der Waals surface area contributed by atoms with Crippen molar-refractivity contribution in [2.75, 3.05) is 39.2 Å². The number of amides is 1. The fourth-order valence-electron chi connectivity index (χ4n) is 3.52. The fourth-order valence-corrected chi connectivity index (χ4v) is 3.52. The molecule has 1 amide bonds. The molecule has 6 heteroatoms. The molecule has 0 aliphatic rings. The number of rotatable bonds is 9. The van der Waals surface area contributed by atoms with Crippen molar-refractivity contribution < 1.29 is 14.3 Å². The second kappa shape index (κ2) is 9.66. The van der Waals surface area contributed by atoms with Crippen LogP contribution in [0.2, 0.25) is 0 Å². The number of anilines is 1. The number of nitrogens with zero attached hydrogens (tertiary/aromatic N) is 2. The van der Waals surface area contributed by atoms with Crippen LogP contribution < -0.4 is 5.32 Å². The molecule has 152 valence electrons. The summed E-state index contributed by atoms with van der Waals surface area (Å²) < 4.78 is 7.37. The summed E-state index contributed by atoms with van der Waals surface area (Å²) in [6, 6.07) is 9.71. The van der Waals surface area contributed by atoms with E-state index in [0.717, 1.165) is 22.6 Å². The van der Waals surface area contributed by atoms with Crippen molar-refractivity contribution in [1.82, 2.24) is 9.47 Å². The van der Waals surface area contributed by atoms with Gasteiger partial charge in [-0.2, -0.15) is 0 Å². The van der Waals surface area contributed by atoms with Crippen LogP contribution in [0.25, 0.3) is 0 Å². The Labute approximate surface area is 167 Å². The predicted octanol–water partition coefficient (Wildman–Crippen LogP) is 3.37. The maximum Gasteiger partial charge on any atom is 0.238 e. The lowest BCUT2D eigenvalue weighted by Crippen LogP contribution is -2.34. The molecule has 1 aromatic carbocycles. The lowest BCUT2D eigenvalue weighted by molar-refractivity contribution is -0.116. The van der Waals surface area contributed by atoms with E-state index in [1.165, 1.54) is 0 Å². The first-order chi connectivity index (χ1) is 13.2. The first-order valence-electron chi connectivity index (χ1n) is 9.48. The van der Waals surface area contributed by atoms with Crippen molar-refractivity contribution in [3.63, 3.8) is 0 Å². The number of methoxy groups -OCH3 is 1. The third-order valence-corrected chi connectivity index (χ3v) is 4.80. The Balaban J connectivity index is 1.97. The molecule has 2 aromatic rings. The summed E-state index contributed by atoms with van der Waals surface area (Å²) in [6.45, 7) is 8.94. The monoisotopic (exact) mass is 385 g/mol. The quantitative estimate of drug-likeness (QED) is 0.672. The summed E-state index contributed by atoms with van der Waals surface area (Å²) in [5.41, 5.74) is 4.56. The second-order valence-electron chi connectivity index (χ2n) is 7.47. The smallest absolute Gasteiger partial charge is 0.238 e. The Kier molecular flexibility index (Phi) is 7.54. The van der Waals surface area contributed by atoms with Gasteiger partial charge in [-0.05, 0) is 52.9 Å². The Morgan fingerprint density at radius 3 is 2.39 bits per heavy atom. The Hall–Kier alpha value is -2.44. The van der Waals surface area contributed by atoms with Crippen LogP contribution in [0.5, 0.6) is 0 Å². The summed E-state index contributed by atoms with van der Waals surface area (Å²) in [6.07, 6.45) is 0. The molecular formula is C22H31N3O3. The minimum Gasteiger partial charge on any atom is -0.383 e. The number of aryl methyl sites for hydroxylation is 2. The van der Waals surface area contributed by atoms with Crippen molar-refractivity contribution in [3.05, 3.63) is 52.8 Å². The van der Waals surface area contributed by atoms with Crippen LogP contribution in [-0.2, 0) is 9.53 Å². The van der Waals surface area contributed by atoms with E-state index in [1.54, 1.807) is 19.1 Å². The maximum absolute atomic E-state index is 12.8. The standard InChI is InChI=1S/C22H31N3O3/c1-15-7-9-19(10-8-15)23-22(27)13-24(5)12-21(26)20-11-16(2)25(18(20)4)17(3)14-28-6/h7-11,17H,12-14H2,1-6H3,(H,23,27)/t17-/m0/s1. The second-order valence-corrected chi connectivity index (χ2v) is 7.47. The zero-order valence-electron chi connectivity index (χ0n) is 17.7. The van der Waals surface area contributed by atoms with E-state index in [2.05, 4.69) is 16.8 Å². The molecular weight excluding hydrogens is 354 g/mol. The highest BCUT2D eigenvalue weighted by Crippen LogP contribution is 2.21. The third-order valence-electron chi connectivity index (χ3n) is 4.80. The van der Waals surface area contributed by atoms with Crippen molar-refractivity contribution in [2.45, 2.75) is 33.7 Å². The SMILES string of the molecule is COC[C@H](C)n1c(C)cc(C(=O)CN(C)CC(=O)Nc2ccc(C)cc2)c1C. The number of benzene rings is 1. The number of carbonyl (C=O) groups excluding carboxylic acids is 2. The molecule has 6 nitrogen and oxygen atoms in total. The number of aromatic nitrogens is 1. The minimum absolute atomic E-state index is 0.00889. The van der Waals surface area contributed by atoms with Crippen LogP contribution in [-0.4, -0.2) is 55.0 Å². The van der Waals surface area contributed by atoms with Gasteiger partial charge in [0.25, 0.3) is 0 Å². The average Bonchev–Trinajstić information content (AvgIpc) is 2.91. The van der Waals surface area contributed by atoms with Gasteiger partial charge in [0.2, 0.25) is 5.91 Å². The van der Waals surface area contributed by atoms with Gasteiger partial charge in [-0.15, -0.1) is 0 Å². The molecule has 0 radical (unpaired) electrons. The number of hydrogen-bond donors (Lipinski definition) is 1. The summed E-state index contributed by atoms with van der Waals surface area (Å²) in [5.74, 6) is -0.132. The molecule has 28 heavy (non-hydrogen) atoms. The molecule has 1 heterocycles. The van der Waals surface area contributed by atoms with Gasteiger partial charge in [-0.25, -0.2) is 0 Å². The van der Waals surface area contributed by atoms with Gasteiger partial charge in [-0.1, -0.05) is 17.7 Å². The van der Waals surface area contributed by atoms with E-state index in [0.29, 0.717) is 12.2 Å². The number of nitrogens with one attached hydrogen (secondary N) is 1. The van der Waals surface area contributed by atoms with Crippen LogP contribution in [0.15, 0.2) is 30.3 Å². The zero-order valence-corrected chi connectivity index (χ0v) is 17.7. The number of carbonyl (C=O) groups is 2. The van der Waals surface area contributed by atoms with Crippen molar-refractivity contribution in [3.8, 4) is 0 Å². The Morgan fingerprint density at radius 1 is 1.14 bits per heavy atom. The van der Waals surface area contributed by atoms with Crippen LogP contribution in [0, 0.1) is 20.8 Å². The van der Waals surface area contributed by atoms with Crippen LogP contribution in [0.3, 0.4) is 0 Å². The lowest BCUT2D eigenvalue weighted by Gasteiger charge is -2.18. The van der Waals surface area contributed by atoms with Gasteiger partial charge in [0.05, 0.1) is 25.7 Å². The molecule has 0 spiro atoms. The normalized spacial score (nSPS) is 12.2. The first kappa shape index (κ1) is 21.9. The molecule has 0 bridgehead atoms. The van der Waals surface area contributed by atoms with E-state index >= 15 is 0 Å². The van der Waals surface area contributed by atoms with Gasteiger partial charge in [0.1, 0.15) is 0 Å². The molecule has 0 saturated carbocycles. The minimum atomic E-state index is -0.140. The van der Waals surface area contributed by atoms with E-state index in [9.17, 15) is 9.59 Å². The van der Waals surface area contributed by atoms with Crippen molar-refractivity contribution >= 4 is 17.4 Å². The summed E-state index contributed by atoms with van der Waals surface area (Å²) in [5, 5.41) is 2.86. The van der Waals surface area contributed by atoms with Gasteiger partial charge in [0, 0.05) is 29.7 Å². The number of hydrogen-bond acceptors (Lipinski definition) is 4. The van der Waals surface area contributed by atoms with Crippen LogP contribution in [0.4, 0.5) is 5.69 Å². The number of likely N-dealkylation sites (N-methyl/N-ethyl adjacent to an activating group) is 1. The molecule has 0 aliphatic heterocycles. The number of ketones is 1. The van der Waals surface area contributed by atoms with Gasteiger partial charge in [0.15, 0.2) is 5.78 Å². The molecule has 2 rings (SSSR count). The highest BCUT2D eigenvalue weighted by Gasteiger charge is 2.20. The predicted molar refractivity (Wildman–Crippen MR) is 112 cm³/mol. The summed E-state index contributed by atoms with van der Waals surface area (Å²) in [4.78, 5) is 26.7. The number of ether oxygens (including phenoxy) is 1. The highest BCUT2D eigenvalue weighted by atomic mass is 16.5. The van der Waals surface area contributed by atoms with Crippen LogP contribution in [0.1, 0.15) is 40.3 Å². The van der Waals surface area contributed by atoms with E-state index < -0.39 is 0 Å². The molecule has 1 aromatic heterocycles. The molecule has 1 atom stereocenters. The lowest BCUT2D eigenvalue weighted by atomic mass is 10.1. The fraction of sp³-hybridized carbons (Fsp3) is 0.455. The van der Waals surface area contributed by atoms with Crippen molar-refractivity contribution in [2.24, 2.45) is 0 Å². The number of Topliss-reactive ketones (excluding diaryl/α,β-unsaturated/α-hetero) is 1. The van der Waals surface area contributed by atoms with Crippen molar-refractivity contribution in [1.29, 1.82) is 0 Å². The topological polar surface area (TPSA) is 63.6 Å². The van der Waals surface area contributed by atoms with E-state index in [-0.39, 0.29) is 30.8 Å². The first-order valence-corrected chi connectivity index (χ1v) is 9.48. The van der Waals surface area contributed by atoms with Gasteiger partial charge >= 0.3 is 0 Å². The Bertz CT molecular complexity index is 824. The largest absolute Gasteiger partial charge is 0.383 e. The van der Waals surface area contributed by atoms with Crippen LogP contribution >= 0.6 is 0 Å². The van der Waals surface area contributed by atoms with Gasteiger partial charge < -0.3 is 14.6 Å². The van der Waals surface area contributed by atoms with Gasteiger partial charge in [-0.3, -0.25) is 14.5 Å². The maximum atomic E-state index is 12.8. The Morgan fingerprint density at radius 2 is 1.79 bits per heavy atom. The molecule has 0 fully saturated rings. The third kappa shape index (κ3) is 5.53. The molecule has 1 N–H and O–H groups in total. The van der Waals surface area contributed by atoms with E-state index in [4.69, 9.17) is 4.74 Å². The zero-order chi connectivity index (χ0) is 20.8. The highest BCUT2D eigenvalue weighted by molar-refractivity contribution is 5.99. The molecule has 0 saturated heterocycles. The van der Waals surface area contributed by atoms with E-state index in [1.807, 2.05) is 51.1 Å². The molecule has 0 unspecified atom stereocenters. The molecule has 0 aliphatic carbocycles. The average molecular weight is 386 g/mol.